The second-order valence-electron chi connectivity index (χ2n) is 5.53. The van der Waals surface area contributed by atoms with Gasteiger partial charge < -0.3 is 10.6 Å². The number of benzene rings is 1. The van der Waals surface area contributed by atoms with E-state index in [0.29, 0.717) is 5.69 Å². The molecule has 2 N–H and O–H groups in total. The van der Waals surface area contributed by atoms with Crippen LogP contribution >= 0.6 is 15.9 Å². The first-order valence-electron chi connectivity index (χ1n) is 7.41. The zero-order valence-electron chi connectivity index (χ0n) is 12.7. The van der Waals surface area contributed by atoms with Gasteiger partial charge in [-0.3, -0.25) is 9.48 Å². The normalized spacial score (nSPS) is 17.1. The van der Waals surface area contributed by atoms with E-state index in [9.17, 15) is 4.79 Å². The van der Waals surface area contributed by atoms with Crippen molar-refractivity contribution in [3.05, 3.63) is 45.7 Å². The number of hydrogen-bond donors (Lipinski definition) is 2. The third kappa shape index (κ3) is 2.80. The van der Waals surface area contributed by atoms with Crippen molar-refractivity contribution in [1.82, 2.24) is 15.1 Å². The Balaban J connectivity index is 1.84. The Morgan fingerprint density at radius 3 is 3.05 bits per heavy atom. The molecule has 1 aromatic heterocycles. The first kappa shape index (κ1) is 15.2. The maximum Gasteiger partial charge on any atom is 0.276 e. The molecule has 0 unspecified atom stereocenters. The number of rotatable bonds is 3. The summed E-state index contributed by atoms with van der Waals surface area (Å²) < 4.78 is 2.91. The van der Waals surface area contributed by atoms with Crippen molar-refractivity contribution in [1.29, 1.82) is 0 Å². The summed E-state index contributed by atoms with van der Waals surface area (Å²) in [7, 11) is 1.94. The van der Waals surface area contributed by atoms with Gasteiger partial charge in [-0.05, 0) is 50.6 Å². The first-order valence-corrected chi connectivity index (χ1v) is 8.21. The number of anilines is 1. The standard InChI is InChI=1S/C16H19BrN4O/c1-10-11(17)5-3-6-12(10)19-16(22)14-9-15-13(18-2)7-4-8-21(15)20-14/h3,5-6,9,13,18H,4,7-8H2,1-2H3,(H,19,22)/t13-/m1/s1. The van der Waals surface area contributed by atoms with Crippen LogP contribution in [0.25, 0.3) is 0 Å². The highest BCUT2D eigenvalue weighted by atomic mass is 79.9. The quantitative estimate of drug-likeness (QED) is 0.880. The topological polar surface area (TPSA) is 59.0 Å². The lowest BCUT2D eigenvalue weighted by atomic mass is 10.0. The third-order valence-electron chi connectivity index (χ3n) is 4.13. The Bertz CT molecular complexity index is 710. The molecular weight excluding hydrogens is 344 g/mol. The number of fused-ring (bicyclic) bond motifs is 1. The summed E-state index contributed by atoms with van der Waals surface area (Å²) in [5.74, 6) is -0.169. The zero-order chi connectivity index (χ0) is 15.7. The molecule has 1 aromatic carbocycles. The molecule has 0 radical (unpaired) electrons. The smallest absolute Gasteiger partial charge is 0.276 e. The van der Waals surface area contributed by atoms with E-state index >= 15 is 0 Å². The summed E-state index contributed by atoms with van der Waals surface area (Å²) in [4.78, 5) is 12.5. The van der Waals surface area contributed by atoms with Crippen LogP contribution in [0.15, 0.2) is 28.7 Å². The van der Waals surface area contributed by atoms with E-state index < -0.39 is 0 Å². The summed E-state index contributed by atoms with van der Waals surface area (Å²) >= 11 is 3.48. The molecule has 1 atom stereocenters. The summed E-state index contributed by atoms with van der Waals surface area (Å²) in [6.45, 7) is 2.84. The molecule has 2 heterocycles. The lowest BCUT2D eigenvalue weighted by molar-refractivity contribution is 0.102. The van der Waals surface area contributed by atoms with E-state index in [0.717, 1.165) is 40.8 Å². The summed E-state index contributed by atoms with van der Waals surface area (Å²) in [6, 6.07) is 7.92. The number of carbonyl (C=O) groups excluding carboxylic acids is 1. The SMILES string of the molecule is CN[C@@H]1CCCn2nc(C(=O)Nc3cccc(Br)c3C)cc21. The third-order valence-corrected chi connectivity index (χ3v) is 4.99. The molecule has 0 saturated carbocycles. The second kappa shape index (κ2) is 6.22. The van der Waals surface area contributed by atoms with Gasteiger partial charge in [-0.2, -0.15) is 5.10 Å². The van der Waals surface area contributed by atoms with Gasteiger partial charge >= 0.3 is 0 Å². The number of halogens is 1. The number of nitrogens with one attached hydrogen (secondary N) is 2. The second-order valence-corrected chi connectivity index (χ2v) is 6.38. The van der Waals surface area contributed by atoms with Crippen LogP contribution < -0.4 is 10.6 Å². The predicted molar refractivity (Wildman–Crippen MR) is 90.1 cm³/mol. The summed E-state index contributed by atoms with van der Waals surface area (Å²) in [5, 5.41) is 10.7. The minimum Gasteiger partial charge on any atom is -0.320 e. The van der Waals surface area contributed by atoms with E-state index in [-0.39, 0.29) is 11.9 Å². The van der Waals surface area contributed by atoms with Crippen molar-refractivity contribution in [3.63, 3.8) is 0 Å². The van der Waals surface area contributed by atoms with Crippen molar-refractivity contribution in [3.8, 4) is 0 Å². The number of aryl methyl sites for hydroxylation is 1. The Morgan fingerprint density at radius 1 is 1.45 bits per heavy atom. The van der Waals surface area contributed by atoms with Gasteiger partial charge in [0.15, 0.2) is 5.69 Å². The molecule has 1 aliphatic rings. The minimum absolute atomic E-state index is 0.169. The highest BCUT2D eigenvalue weighted by Gasteiger charge is 2.23. The fraction of sp³-hybridized carbons (Fsp3) is 0.375. The van der Waals surface area contributed by atoms with Gasteiger partial charge in [0.2, 0.25) is 0 Å². The summed E-state index contributed by atoms with van der Waals surface area (Å²) in [6.07, 6.45) is 2.15. The fourth-order valence-corrected chi connectivity index (χ4v) is 3.18. The number of hydrogen-bond acceptors (Lipinski definition) is 3. The molecule has 116 valence electrons. The molecule has 0 fully saturated rings. The molecule has 0 bridgehead atoms. The number of aromatic nitrogens is 2. The van der Waals surface area contributed by atoms with Crippen molar-refractivity contribution >= 4 is 27.5 Å². The average Bonchev–Trinajstić information content (AvgIpc) is 2.96. The predicted octanol–water partition coefficient (Wildman–Crippen LogP) is 3.26. The van der Waals surface area contributed by atoms with Crippen LogP contribution in [0.2, 0.25) is 0 Å². The molecule has 6 heteroatoms. The largest absolute Gasteiger partial charge is 0.320 e. The number of amides is 1. The number of carbonyl (C=O) groups is 1. The molecule has 0 saturated heterocycles. The van der Waals surface area contributed by atoms with Crippen LogP contribution in [0.1, 0.15) is 40.6 Å². The molecule has 1 aliphatic heterocycles. The molecule has 0 aliphatic carbocycles. The Morgan fingerprint density at radius 2 is 2.27 bits per heavy atom. The van der Waals surface area contributed by atoms with E-state index in [1.54, 1.807) is 0 Å². The Kier molecular flexibility index (Phi) is 4.31. The fourth-order valence-electron chi connectivity index (χ4n) is 2.82. The van der Waals surface area contributed by atoms with Crippen molar-refractivity contribution < 1.29 is 4.79 Å². The van der Waals surface area contributed by atoms with Gasteiger partial charge in [0.05, 0.1) is 5.69 Å². The van der Waals surface area contributed by atoms with Gasteiger partial charge in [-0.25, -0.2) is 0 Å². The lowest BCUT2D eigenvalue weighted by Crippen LogP contribution is -2.24. The number of nitrogens with zero attached hydrogens (tertiary/aromatic N) is 2. The van der Waals surface area contributed by atoms with E-state index in [4.69, 9.17) is 0 Å². The molecule has 5 nitrogen and oxygen atoms in total. The van der Waals surface area contributed by atoms with Crippen LogP contribution in [0.5, 0.6) is 0 Å². The van der Waals surface area contributed by atoms with Crippen LogP contribution in [-0.2, 0) is 6.54 Å². The maximum absolute atomic E-state index is 12.5. The highest BCUT2D eigenvalue weighted by Crippen LogP contribution is 2.26. The maximum atomic E-state index is 12.5. The molecular formula is C16H19BrN4O. The van der Waals surface area contributed by atoms with Gasteiger partial charge in [0.1, 0.15) is 0 Å². The molecule has 3 rings (SSSR count). The lowest BCUT2D eigenvalue weighted by Gasteiger charge is -2.22. The van der Waals surface area contributed by atoms with Gasteiger partial charge in [0.25, 0.3) is 5.91 Å². The average molecular weight is 363 g/mol. The van der Waals surface area contributed by atoms with E-state index in [1.807, 2.05) is 42.9 Å². The zero-order valence-corrected chi connectivity index (χ0v) is 14.3. The summed E-state index contributed by atoms with van der Waals surface area (Å²) in [5.41, 5.74) is 3.37. The van der Waals surface area contributed by atoms with Gasteiger partial charge in [-0.15, -0.1) is 0 Å². The highest BCUT2D eigenvalue weighted by molar-refractivity contribution is 9.10. The van der Waals surface area contributed by atoms with Crippen LogP contribution in [-0.4, -0.2) is 22.7 Å². The molecule has 0 spiro atoms. The van der Waals surface area contributed by atoms with Gasteiger partial charge in [0, 0.05) is 22.7 Å². The van der Waals surface area contributed by atoms with Gasteiger partial charge in [-0.1, -0.05) is 22.0 Å². The molecule has 2 aromatic rings. The van der Waals surface area contributed by atoms with Crippen molar-refractivity contribution in [2.24, 2.45) is 0 Å². The van der Waals surface area contributed by atoms with E-state index in [1.165, 1.54) is 0 Å². The Labute approximate surface area is 138 Å². The monoisotopic (exact) mass is 362 g/mol. The Hall–Kier alpha value is -1.66. The minimum atomic E-state index is -0.169. The van der Waals surface area contributed by atoms with Crippen LogP contribution in [0, 0.1) is 6.92 Å². The van der Waals surface area contributed by atoms with Crippen molar-refractivity contribution in [2.75, 3.05) is 12.4 Å². The molecule has 22 heavy (non-hydrogen) atoms. The first-order chi connectivity index (χ1) is 10.6. The van der Waals surface area contributed by atoms with Crippen molar-refractivity contribution in [2.45, 2.75) is 32.4 Å². The van der Waals surface area contributed by atoms with E-state index in [2.05, 4.69) is 31.7 Å². The molecule has 1 amide bonds. The van der Waals surface area contributed by atoms with Crippen LogP contribution in [0.3, 0.4) is 0 Å². The van der Waals surface area contributed by atoms with Crippen LogP contribution in [0.4, 0.5) is 5.69 Å².